The van der Waals surface area contributed by atoms with Gasteiger partial charge in [0.05, 0.1) is 5.69 Å². The van der Waals surface area contributed by atoms with Gasteiger partial charge in [0.2, 0.25) is 5.91 Å². The second kappa shape index (κ2) is 7.22. The first kappa shape index (κ1) is 15.5. The molecule has 21 heavy (non-hydrogen) atoms. The molecule has 1 heterocycles. The van der Waals surface area contributed by atoms with Crippen molar-refractivity contribution in [1.82, 2.24) is 4.98 Å². The molecule has 0 fully saturated rings. The highest BCUT2D eigenvalue weighted by atomic mass is 32.1. The fraction of sp³-hybridized carbons (Fsp3) is 0.375. The topological polar surface area (TPSA) is 54.0 Å². The lowest BCUT2D eigenvalue weighted by molar-refractivity contribution is -0.114. The van der Waals surface area contributed by atoms with Gasteiger partial charge in [0.15, 0.2) is 5.13 Å². The fourth-order valence-corrected chi connectivity index (χ4v) is 2.63. The number of nitrogens with zero attached hydrogens (tertiary/aromatic N) is 1. The zero-order valence-electron chi connectivity index (χ0n) is 12.6. The highest BCUT2D eigenvalue weighted by molar-refractivity contribution is 7.14. The normalized spacial score (nSPS) is 10.7. The van der Waals surface area contributed by atoms with Crippen molar-refractivity contribution in [3.05, 3.63) is 29.6 Å². The van der Waals surface area contributed by atoms with Crippen LogP contribution < -0.4 is 10.6 Å². The summed E-state index contributed by atoms with van der Waals surface area (Å²) in [4.78, 5) is 15.6. The lowest BCUT2D eigenvalue weighted by Gasteiger charge is -2.05. The quantitative estimate of drug-likeness (QED) is 0.839. The zero-order chi connectivity index (χ0) is 15.2. The SMILES string of the molecule is CC(=O)Nc1ccc(-c2csc(NCCC(C)C)n2)cc1. The summed E-state index contributed by atoms with van der Waals surface area (Å²) in [5, 5.41) is 9.11. The zero-order valence-corrected chi connectivity index (χ0v) is 13.5. The lowest BCUT2D eigenvalue weighted by Crippen LogP contribution is -2.05. The van der Waals surface area contributed by atoms with E-state index in [4.69, 9.17) is 0 Å². The van der Waals surface area contributed by atoms with Crippen molar-refractivity contribution in [3.63, 3.8) is 0 Å². The Bertz CT molecular complexity index is 590. The molecule has 0 aliphatic carbocycles. The summed E-state index contributed by atoms with van der Waals surface area (Å²) >= 11 is 1.62. The van der Waals surface area contributed by atoms with Gasteiger partial charge < -0.3 is 10.6 Å². The Hall–Kier alpha value is -1.88. The Labute approximate surface area is 129 Å². The Morgan fingerprint density at radius 2 is 2.00 bits per heavy atom. The summed E-state index contributed by atoms with van der Waals surface area (Å²) in [6, 6.07) is 7.72. The number of benzene rings is 1. The van der Waals surface area contributed by atoms with Gasteiger partial charge in [-0.2, -0.15) is 0 Å². The maximum atomic E-state index is 11.0. The highest BCUT2D eigenvalue weighted by Crippen LogP contribution is 2.26. The number of rotatable bonds is 6. The molecule has 2 N–H and O–H groups in total. The minimum absolute atomic E-state index is 0.0620. The van der Waals surface area contributed by atoms with Gasteiger partial charge in [-0.3, -0.25) is 4.79 Å². The van der Waals surface area contributed by atoms with Crippen molar-refractivity contribution in [2.24, 2.45) is 5.92 Å². The number of aromatic nitrogens is 1. The third kappa shape index (κ3) is 4.86. The van der Waals surface area contributed by atoms with E-state index in [0.717, 1.165) is 35.0 Å². The summed E-state index contributed by atoms with van der Waals surface area (Å²) < 4.78 is 0. The average molecular weight is 303 g/mol. The fourth-order valence-electron chi connectivity index (χ4n) is 1.88. The van der Waals surface area contributed by atoms with Crippen molar-refractivity contribution in [2.45, 2.75) is 27.2 Å². The molecule has 0 saturated heterocycles. The highest BCUT2D eigenvalue weighted by Gasteiger charge is 2.05. The van der Waals surface area contributed by atoms with Crippen LogP contribution in [-0.2, 0) is 4.79 Å². The number of nitrogens with one attached hydrogen (secondary N) is 2. The second-order valence-electron chi connectivity index (χ2n) is 5.41. The van der Waals surface area contributed by atoms with Crippen LogP contribution in [0.2, 0.25) is 0 Å². The van der Waals surface area contributed by atoms with Crippen LogP contribution in [0.5, 0.6) is 0 Å². The molecule has 0 aliphatic rings. The van der Waals surface area contributed by atoms with Crippen LogP contribution in [0.3, 0.4) is 0 Å². The van der Waals surface area contributed by atoms with E-state index in [1.54, 1.807) is 11.3 Å². The first-order valence-corrected chi connectivity index (χ1v) is 8.00. The van der Waals surface area contributed by atoms with E-state index in [1.807, 2.05) is 29.6 Å². The molecule has 0 atom stereocenters. The first-order chi connectivity index (χ1) is 10.0. The summed E-state index contributed by atoms with van der Waals surface area (Å²) in [7, 11) is 0. The molecule has 112 valence electrons. The van der Waals surface area contributed by atoms with Gasteiger partial charge in [0, 0.05) is 30.1 Å². The largest absolute Gasteiger partial charge is 0.361 e. The Balaban J connectivity index is 1.98. The van der Waals surface area contributed by atoms with Gasteiger partial charge in [-0.15, -0.1) is 11.3 Å². The maximum Gasteiger partial charge on any atom is 0.221 e. The van der Waals surface area contributed by atoms with Gasteiger partial charge in [0.1, 0.15) is 0 Å². The summed E-state index contributed by atoms with van der Waals surface area (Å²) in [6.07, 6.45) is 1.14. The predicted octanol–water partition coefficient (Wildman–Crippen LogP) is 4.23. The third-order valence-corrected chi connectivity index (χ3v) is 3.80. The molecule has 0 aliphatic heterocycles. The van der Waals surface area contributed by atoms with Crippen molar-refractivity contribution in [3.8, 4) is 11.3 Å². The molecule has 1 aromatic carbocycles. The minimum Gasteiger partial charge on any atom is -0.361 e. The number of amides is 1. The summed E-state index contributed by atoms with van der Waals surface area (Å²) in [5.41, 5.74) is 2.82. The first-order valence-electron chi connectivity index (χ1n) is 7.12. The van der Waals surface area contributed by atoms with Crippen LogP contribution in [-0.4, -0.2) is 17.4 Å². The van der Waals surface area contributed by atoms with Crippen molar-refractivity contribution in [1.29, 1.82) is 0 Å². The molecule has 1 amide bonds. The van der Waals surface area contributed by atoms with Crippen LogP contribution in [0.15, 0.2) is 29.6 Å². The standard InChI is InChI=1S/C16H21N3OS/c1-11(2)8-9-17-16-19-15(10-21-16)13-4-6-14(7-5-13)18-12(3)20/h4-7,10-11H,8-9H2,1-3H3,(H,17,19)(H,18,20). The average Bonchev–Trinajstić information content (AvgIpc) is 2.87. The van der Waals surface area contributed by atoms with Crippen LogP contribution in [0.25, 0.3) is 11.3 Å². The van der Waals surface area contributed by atoms with Crippen LogP contribution in [0, 0.1) is 5.92 Å². The lowest BCUT2D eigenvalue weighted by atomic mass is 10.1. The van der Waals surface area contributed by atoms with E-state index in [9.17, 15) is 4.79 Å². The van der Waals surface area contributed by atoms with E-state index < -0.39 is 0 Å². The van der Waals surface area contributed by atoms with E-state index >= 15 is 0 Å². The van der Waals surface area contributed by atoms with Gasteiger partial charge >= 0.3 is 0 Å². The molecule has 0 spiro atoms. The molecule has 2 aromatic rings. The molecular weight excluding hydrogens is 282 g/mol. The molecule has 5 heteroatoms. The minimum atomic E-state index is -0.0620. The van der Waals surface area contributed by atoms with Crippen LogP contribution >= 0.6 is 11.3 Å². The summed E-state index contributed by atoms with van der Waals surface area (Å²) in [5.74, 6) is 0.631. The Morgan fingerprint density at radius 3 is 2.62 bits per heavy atom. The number of carbonyl (C=O) groups is 1. The van der Waals surface area contributed by atoms with Crippen LogP contribution in [0.1, 0.15) is 27.2 Å². The summed E-state index contributed by atoms with van der Waals surface area (Å²) in [6.45, 7) is 6.88. The van der Waals surface area contributed by atoms with Crippen molar-refractivity contribution in [2.75, 3.05) is 17.2 Å². The van der Waals surface area contributed by atoms with E-state index in [-0.39, 0.29) is 5.91 Å². The molecule has 0 bridgehead atoms. The van der Waals surface area contributed by atoms with Crippen molar-refractivity contribution >= 4 is 28.1 Å². The predicted molar refractivity (Wildman–Crippen MR) is 89.8 cm³/mol. The monoisotopic (exact) mass is 303 g/mol. The smallest absolute Gasteiger partial charge is 0.221 e. The Morgan fingerprint density at radius 1 is 1.29 bits per heavy atom. The van der Waals surface area contributed by atoms with Crippen molar-refractivity contribution < 1.29 is 4.79 Å². The molecule has 2 rings (SSSR count). The number of thiazole rings is 1. The van der Waals surface area contributed by atoms with Gasteiger partial charge in [0.25, 0.3) is 0 Å². The Kier molecular flexibility index (Phi) is 5.33. The molecular formula is C16H21N3OS. The molecule has 0 unspecified atom stereocenters. The molecule has 0 radical (unpaired) electrons. The van der Waals surface area contributed by atoms with Gasteiger partial charge in [-0.1, -0.05) is 26.0 Å². The number of carbonyl (C=O) groups excluding carboxylic acids is 1. The van der Waals surface area contributed by atoms with E-state index in [0.29, 0.717) is 5.92 Å². The maximum absolute atomic E-state index is 11.0. The molecule has 4 nitrogen and oxygen atoms in total. The number of hydrogen-bond donors (Lipinski definition) is 2. The third-order valence-electron chi connectivity index (χ3n) is 3.00. The van der Waals surface area contributed by atoms with Gasteiger partial charge in [-0.25, -0.2) is 4.98 Å². The second-order valence-corrected chi connectivity index (χ2v) is 6.26. The molecule has 1 aromatic heterocycles. The number of hydrogen-bond acceptors (Lipinski definition) is 4. The number of anilines is 2. The van der Waals surface area contributed by atoms with E-state index in [2.05, 4.69) is 29.5 Å². The van der Waals surface area contributed by atoms with E-state index in [1.165, 1.54) is 6.92 Å². The van der Waals surface area contributed by atoms with Crippen LogP contribution in [0.4, 0.5) is 10.8 Å². The van der Waals surface area contributed by atoms with Gasteiger partial charge in [-0.05, 0) is 24.5 Å². The molecule has 0 saturated carbocycles.